The lowest BCUT2D eigenvalue weighted by Crippen LogP contribution is -1.93. The Bertz CT molecular complexity index is 1120. The molecule has 0 fully saturated rings. The van der Waals surface area contributed by atoms with Gasteiger partial charge in [0, 0.05) is 17.8 Å². The molecule has 1 N–H and O–H groups in total. The second kappa shape index (κ2) is 6.60. The fourth-order valence-corrected chi connectivity index (χ4v) is 2.72. The normalized spacial score (nSPS) is 11.2. The van der Waals surface area contributed by atoms with E-state index in [0.29, 0.717) is 11.3 Å². The van der Waals surface area contributed by atoms with Crippen molar-refractivity contribution in [3.8, 4) is 11.4 Å². The lowest BCUT2D eigenvalue weighted by atomic mass is 10.2. The summed E-state index contributed by atoms with van der Waals surface area (Å²) in [7, 11) is 0. The van der Waals surface area contributed by atoms with Crippen molar-refractivity contribution in [2.45, 2.75) is 0 Å². The van der Waals surface area contributed by atoms with Crippen molar-refractivity contribution in [1.29, 1.82) is 0 Å². The van der Waals surface area contributed by atoms with Crippen LogP contribution in [0.1, 0.15) is 5.56 Å². The van der Waals surface area contributed by atoms with E-state index >= 15 is 0 Å². The van der Waals surface area contributed by atoms with E-state index in [1.54, 1.807) is 18.2 Å². The molecule has 26 heavy (non-hydrogen) atoms. The van der Waals surface area contributed by atoms with Gasteiger partial charge in [-0.3, -0.25) is 15.1 Å². The van der Waals surface area contributed by atoms with Gasteiger partial charge in [-0.15, -0.1) is 0 Å². The Morgan fingerprint density at radius 1 is 1.00 bits per heavy atom. The van der Waals surface area contributed by atoms with Crippen molar-refractivity contribution in [3.63, 3.8) is 0 Å². The van der Waals surface area contributed by atoms with Crippen LogP contribution in [0.15, 0.2) is 77.8 Å². The SMILES string of the molecule is O=[N+]([O-])c1ccccc1C=Nc1ccc2nc(-c3ccccc3)[nH]c2c1. The summed E-state index contributed by atoms with van der Waals surface area (Å²) in [5.74, 6) is 0.792. The summed E-state index contributed by atoms with van der Waals surface area (Å²) < 4.78 is 0. The molecule has 0 atom stereocenters. The van der Waals surface area contributed by atoms with Crippen LogP contribution < -0.4 is 0 Å². The average molecular weight is 342 g/mol. The van der Waals surface area contributed by atoms with Crippen LogP contribution in [0.5, 0.6) is 0 Å². The highest BCUT2D eigenvalue weighted by Gasteiger charge is 2.10. The molecule has 0 aliphatic carbocycles. The average Bonchev–Trinajstić information content (AvgIpc) is 3.10. The summed E-state index contributed by atoms with van der Waals surface area (Å²) in [6.45, 7) is 0. The van der Waals surface area contributed by atoms with Crippen LogP contribution in [0.4, 0.5) is 11.4 Å². The van der Waals surface area contributed by atoms with Crippen molar-refractivity contribution in [3.05, 3.63) is 88.5 Å². The van der Waals surface area contributed by atoms with Gasteiger partial charge in [0.05, 0.1) is 27.2 Å². The van der Waals surface area contributed by atoms with E-state index in [4.69, 9.17) is 0 Å². The van der Waals surface area contributed by atoms with Gasteiger partial charge in [-0.25, -0.2) is 4.98 Å². The zero-order chi connectivity index (χ0) is 17.9. The number of nitrogens with zero attached hydrogens (tertiary/aromatic N) is 3. The highest BCUT2D eigenvalue weighted by atomic mass is 16.6. The Hall–Kier alpha value is -3.80. The molecule has 0 spiro atoms. The minimum Gasteiger partial charge on any atom is -0.338 e. The number of hydrogen-bond donors (Lipinski definition) is 1. The number of aliphatic imine (C=N–C) groups is 1. The van der Waals surface area contributed by atoms with Gasteiger partial charge in [-0.1, -0.05) is 42.5 Å². The molecule has 126 valence electrons. The Balaban J connectivity index is 1.67. The molecule has 0 radical (unpaired) electrons. The standard InChI is InChI=1S/C20H14N4O2/c25-24(26)19-9-5-4-8-15(19)13-21-16-10-11-17-18(12-16)23-20(22-17)14-6-2-1-3-7-14/h1-13H,(H,22,23). The molecule has 1 aromatic heterocycles. The first-order chi connectivity index (χ1) is 12.7. The maximum absolute atomic E-state index is 11.1. The van der Waals surface area contributed by atoms with Gasteiger partial charge >= 0.3 is 0 Å². The third-order valence-corrected chi connectivity index (χ3v) is 4.00. The van der Waals surface area contributed by atoms with Crippen molar-refractivity contribution in [1.82, 2.24) is 9.97 Å². The number of aromatic amines is 1. The lowest BCUT2D eigenvalue weighted by Gasteiger charge is -1.97. The number of rotatable bonds is 4. The van der Waals surface area contributed by atoms with Crippen LogP contribution in [0.2, 0.25) is 0 Å². The minimum absolute atomic E-state index is 0.0326. The molecular weight excluding hydrogens is 328 g/mol. The zero-order valence-corrected chi connectivity index (χ0v) is 13.7. The number of nitrogens with one attached hydrogen (secondary N) is 1. The molecule has 0 amide bonds. The Kier molecular flexibility index (Phi) is 3.99. The highest BCUT2D eigenvalue weighted by Crippen LogP contribution is 2.24. The van der Waals surface area contributed by atoms with Gasteiger partial charge in [0.1, 0.15) is 5.82 Å². The van der Waals surface area contributed by atoms with Crippen LogP contribution >= 0.6 is 0 Å². The van der Waals surface area contributed by atoms with Crippen LogP contribution in [0.25, 0.3) is 22.4 Å². The van der Waals surface area contributed by atoms with Crippen LogP contribution in [0.3, 0.4) is 0 Å². The van der Waals surface area contributed by atoms with Crippen molar-refractivity contribution in [2.75, 3.05) is 0 Å². The zero-order valence-electron chi connectivity index (χ0n) is 13.7. The molecule has 0 unspecified atom stereocenters. The fraction of sp³-hybridized carbons (Fsp3) is 0. The molecule has 3 aromatic carbocycles. The molecule has 0 aliphatic rings. The quantitative estimate of drug-likeness (QED) is 0.325. The van der Waals surface area contributed by atoms with Crippen molar-refractivity contribution < 1.29 is 4.92 Å². The van der Waals surface area contributed by atoms with Crippen molar-refractivity contribution >= 4 is 28.6 Å². The summed E-state index contributed by atoms with van der Waals surface area (Å²) in [5.41, 5.74) is 3.90. The maximum atomic E-state index is 11.1. The molecule has 4 aromatic rings. The summed E-state index contributed by atoms with van der Waals surface area (Å²) in [6, 6.07) is 22.0. The molecule has 1 heterocycles. The topological polar surface area (TPSA) is 84.2 Å². The number of fused-ring (bicyclic) bond motifs is 1. The van der Waals surface area contributed by atoms with Crippen LogP contribution in [-0.4, -0.2) is 21.1 Å². The number of H-pyrrole nitrogens is 1. The van der Waals surface area contributed by atoms with Gasteiger partial charge < -0.3 is 4.98 Å². The summed E-state index contributed by atoms with van der Waals surface area (Å²) in [5, 5.41) is 11.1. The van der Waals surface area contributed by atoms with E-state index in [2.05, 4.69) is 15.0 Å². The summed E-state index contributed by atoms with van der Waals surface area (Å²) in [4.78, 5) is 22.9. The summed E-state index contributed by atoms with van der Waals surface area (Å²) in [6.07, 6.45) is 1.51. The highest BCUT2D eigenvalue weighted by molar-refractivity contribution is 5.88. The third kappa shape index (κ3) is 3.08. The number of nitro groups is 1. The Morgan fingerprint density at radius 2 is 1.77 bits per heavy atom. The maximum Gasteiger partial charge on any atom is 0.278 e. The largest absolute Gasteiger partial charge is 0.338 e. The molecular formula is C20H14N4O2. The fourth-order valence-electron chi connectivity index (χ4n) is 2.72. The summed E-state index contributed by atoms with van der Waals surface area (Å²) >= 11 is 0. The number of hydrogen-bond acceptors (Lipinski definition) is 4. The second-order valence-electron chi connectivity index (χ2n) is 5.73. The molecule has 6 nitrogen and oxygen atoms in total. The van der Waals surface area contributed by atoms with E-state index in [0.717, 1.165) is 22.4 Å². The van der Waals surface area contributed by atoms with Gasteiger partial charge in [0.2, 0.25) is 0 Å². The van der Waals surface area contributed by atoms with E-state index in [9.17, 15) is 10.1 Å². The lowest BCUT2D eigenvalue weighted by molar-refractivity contribution is -0.385. The number of aromatic nitrogens is 2. The first-order valence-corrected chi connectivity index (χ1v) is 8.03. The molecule has 0 saturated heterocycles. The first kappa shape index (κ1) is 15.7. The molecule has 0 bridgehead atoms. The third-order valence-electron chi connectivity index (χ3n) is 4.00. The van der Waals surface area contributed by atoms with Crippen molar-refractivity contribution in [2.24, 2.45) is 4.99 Å². The molecule has 0 saturated carbocycles. The Labute approximate surface area is 149 Å². The molecule has 0 aliphatic heterocycles. The monoisotopic (exact) mass is 342 g/mol. The first-order valence-electron chi connectivity index (χ1n) is 8.03. The van der Waals surface area contributed by atoms with E-state index in [-0.39, 0.29) is 5.69 Å². The molecule has 4 rings (SSSR count). The Morgan fingerprint density at radius 3 is 2.58 bits per heavy atom. The predicted molar refractivity (Wildman–Crippen MR) is 102 cm³/mol. The van der Waals surface area contributed by atoms with Gasteiger partial charge in [-0.2, -0.15) is 0 Å². The van der Waals surface area contributed by atoms with Gasteiger partial charge in [0.25, 0.3) is 5.69 Å². The van der Waals surface area contributed by atoms with Gasteiger partial charge in [-0.05, 0) is 24.3 Å². The minimum atomic E-state index is -0.411. The number of benzene rings is 3. The number of para-hydroxylation sites is 1. The predicted octanol–water partition coefficient (Wildman–Crippen LogP) is 4.89. The second-order valence-corrected chi connectivity index (χ2v) is 5.73. The van der Waals surface area contributed by atoms with Gasteiger partial charge in [0.15, 0.2) is 0 Å². The number of imidazole rings is 1. The smallest absolute Gasteiger partial charge is 0.278 e. The van der Waals surface area contributed by atoms with Crippen LogP contribution in [0, 0.1) is 10.1 Å². The number of nitro benzene ring substituents is 1. The molecule has 6 heteroatoms. The van der Waals surface area contributed by atoms with E-state index < -0.39 is 4.92 Å². The van der Waals surface area contributed by atoms with E-state index in [1.807, 2.05) is 48.5 Å². The van der Waals surface area contributed by atoms with Crippen LogP contribution in [-0.2, 0) is 0 Å². The van der Waals surface area contributed by atoms with E-state index in [1.165, 1.54) is 12.3 Å².